The molecule has 164 valence electrons. The second-order valence-corrected chi connectivity index (χ2v) is 8.63. The van der Waals surface area contributed by atoms with Crippen LogP contribution in [0.25, 0.3) is 10.8 Å². The van der Waals surface area contributed by atoms with E-state index in [-0.39, 0.29) is 12.1 Å². The van der Waals surface area contributed by atoms with E-state index in [4.69, 9.17) is 4.55 Å². The molecule has 3 rings (SSSR count). The average molecular weight is 463 g/mol. The number of nitrogens with one attached hydrogen (secondary N) is 2. The Bertz CT molecular complexity index is 1210. The van der Waals surface area contributed by atoms with E-state index in [1.54, 1.807) is 36.4 Å². The number of benzene rings is 3. The van der Waals surface area contributed by atoms with Gasteiger partial charge in [0.25, 0.3) is 0 Å². The van der Waals surface area contributed by atoms with Gasteiger partial charge in [0, 0.05) is 30.1 Å². The van der Waals surface area contributed by atoms with Crippen molar-refractivity contribution >= 4 is 49.6 Å². The quantitative estimate of drug-likeness (QED) is 0.346. The van der Waals surface area contributed by atoms with Crippen molar-refractivity contribution in [2.24, 2.45) is 0 Å². The lowest BCUT2D eigenvalue weighted by Gasteiger charge is -2.34. The molecule has 2 unspecified atom stereocenters. The van der Waals surface area contributed by atoms with Crippen LogP contribution < -0.4 is 14.3 Å². The molecule has 2 atom stereocenters. The van der Waals surface area contributed by atoms with Crippen LogP contribution in [0.1, 0.15) is 5.56 Å². The van der Waals surface area contributed by atoms with Crippen LogP contribution in [0.2, 0.25) is 0 Å². The highest BCUT2D eigenvalue weighted by atomic mass is 32.2. The van der Waals surface area contributed by atoms with Gasteiger partial charge >= 0.3 is 10.3 Å². The van der Waals surface area contributed by atoms with E-state index in [1.807, 2.05) is 22.9 Å². The van der Waals surface area contributed by atoms with Crippen molar-refractivity contribution in [1.82, 2.24) is 5.32 Å². The van der Waals surface area contributed by atoms with Crippen LogP contribution in [0.4, 0.5) is 11.4 Å². The molecule has 3 N–H and O–H groups in total. The summed E-state index contributed by atoms with van der Waals surface area (Å²) >= 11 is -2.76. The van der Waals surface area contributed by atoms with Gasteiger partial charge in [-0.25, -0.2) is 0 Å². The van der Waals surface area contributed by atoms with Gasteiger partial charge in [0.05, 0.1) is 11.4 Å². The summed E-state index contributed by atoms with van der Waals surface area (Å²) < 4.78 is 58.2. The minimum Gasteiger partial charge on any atom is -0.755 e. The van der Waals surface area contributed by atoms with Gasteiger partial charge in [0.2, 0.25) is 5.91 Å². The Hall–Kier alpha value is -2.99. The first-order chi connectivity index (χ1) is 14.7. The summed E-state index contributed by atoms with van der Waals surface area (Å²) in [6.45, 7) is 0. The van der Waals surface area contributed by atoms with Crippen molar-refractivity contribution in [3.8, 4) is 0 Å². The second kappa shape index (κ2) is 9.43. The molecule has 31 heavy (non-hydrogen) atoms. The minimum atomic E-state index is -4.42. The summed E-state index contributed by atoms with van der Waals surface area (Å²) in [4.78, 5) is 12.7. The molecule has 0 saturated carbocycles. The van der Waals surface area contributed by atoms with Crippen molar-refractivity contribution in [3.63, 3.8) is 0 Å². The summed E-state index contributed by atoms with van der Waals surface area (Å²) in [6.07, 6.45) is 0.0308. The van der Waals surface area contributed by atoms with Crippen molar-refractivity contribution in [3.05, 3.63) is 72.3 Å². The molecule has 0 saturated heterocycles. The van der Waals surface area contributed by atoms with Crippen LogP contribution in [-0.4, -0.2) is 40.7 Å². The number of fused-ring (bicyclic) bond motifs is 1. The second-order valence-electron chi connectivity index (χ2n) is 6.65. The number of anilines is 2. The minimum absolute atomic E-state index is 0.0308. The Labute approximate surface area is 182 Å². The van der Waals surface area contributed by atoms with Gasteiger partial charge in [-0.1, -0.05) is 48.5 Å². The molecule has 1 amide bonds. The van der Waals surface area contributed by atoms with E-state index >= 15 is 0 Å². The number of carbonyl (C=O) groups excluding carboxylic acids is 1. The lowest BCUT2D eigenvalue weighted by Crippen LogP contribution is -2.48. The van der Waals surface area contributed by atoms with Gasteiger partial charge < -0.3 is 9.87 Å². The van der Waals surface area contributed by atoms with E-state index in [0.717, 1.165) is 9.69 Å². The van der Waals surface area contributed by atoms with Gasteiger partial charge in [-0.15, -0.1) is 0 Å². The molecule has 0 aliphatic heterocycles. The lowest BCUT2D eigenvalue weighted by molar-refractivity contribution is -0.121. The molecule has 0 aromatic heterocycles. The average Bonchev–Trinajstić information content (AvgIpc) is 2.73. The Balaban J connectivity index is 2.00. The Kier molecular flexibility index (Phi) is 6.91. The van der Waals surface area contributed by atoms with Crippen molar-refractivity contribution < 1.29 is 26.5 Å². The number of rotatable bonds is 8. The molecule has 0 aliphatic carbocycles. The molecular formula is C20H20N3O6S2-. The topological polar surface area (TPSA) is 139 Å². The molecule has 0 spiro atoms. The lowest BCUT2D eigenvalue weighted by atomic mass is 10.0. The van der Waals surface area contributed by atoms with Gasteiger partial charge in [-0.2, -0.15) is 8.42 Å². The number of amides is 1. The molecule has 0 heterocycles. The molecule has 11 heteroatoms. The first-order valence-electron chi connectivity index (χ1n) is 9.12. The summed E-state index contributed by atoms with van der Waals surface area (Å²) in [5.74, 6) is -0.503. The molecular weight excluding hydrogens is 442 g/mol. The maximum absolute atomic E-state index is 12.7. The molecule has 0 aliphatic rings. The highest BCUT2D eigenvalue weighted by Crippen LogP contribution is 2.30. The maximum Gasteiger partial charge on any atom is 0.357 e. The van der Waals surface area contributed by atoms with Crippen LogP contribution in [0.5, 0.6) is 0 Å². The summed E-state index contributed by atoms with van der Waals surface area (Å²) in [5.41, 5.74) is 1.08. The Morgan fingerprint density at radius 2 is 1.74 bits per heavy atom. The highest BCUT2D eigenvalue weighted by Gasteiger charge is 2.28. The third kappa shape index (κ3) is 5.58. The van der Waals surface area contributed by atoms with Crippen LogP contribution in [0.3, 0.4) is 0 Å². The number of carbonyl (C=O) groups is 1. The van der Waals surface area contributed by atoms with E-state index < -0.39 is 33.5 Å². The normalized spacial score (nSPS) is 13.4. The molecule has 3 aromatic rings. The monoisotopic (exact) mass is 462 g/mol. The molecule has 0 radical (unpaired) electrons. The van der Waals surface area contributed by atoms with Gasteiger partial charge in [-0.3, -0.25) is 22.6 Å². The molecule has 9 nitrogen and oxygen atoms in total. The van der Waals surface area contributed by atoms with E-state index in [2.05, 4.69) is 5.32 Å². The van der Waals surface area contributed by atoms with Crippen LogP contribution in [0, 0.1) is 0 Å². The molecule has 3 aromatic carbocycles. The zero-order valence-electron chi connectivity index (χ0n) is 16.4. The van der Waals surface area contributed by atoms with Crippen LogP contribution >= 0.6 is 0 Å². The zero-order valence-corrected chi connectivity index (χ0v) is 18.0. The summed E-state index contributed by atoms with van der Waals surface area (Å²) in [7, 11) is -3.00. The number of nitrogens with zero attached hydrogens (tertiary/aromatic N) is 1. The molecule has 0 bridgehead atoms. The van der Waals surface area contributed by atoms with Crippen molar-refractivity contribution in [1.29, 1.82) is 0 Å². The fourth-order valence-electron chi connectivity index (χ4n) is 3.28. The fraction of sp³-hybridized carbons (Fsp3) is 0.150. The summed E-state index contributed by atoms with van der Waals surface area (Å²) in [5, 5.41) is 4.00. The van der Waals surface area contributed by atoms with E-state index in [0.29, 0.717) is 16.6 Å². The number of hydrogen-bond acceptors (Lipinski definition) is 5. The van der Waals surface area contributed by atoms with Crippen molar-refractivity contribution in [2.75, 3.05) is 16.1 Å². The molecule has 0 fully saturated rings. The summed E-state index contributed by atoms with van der Waals surface area (Å²) in [6, 6.07) is 17.2. The van der Waals surface area contributed by atoms with E-state index in [1.165, 1.54) is 19.2 Å². The number of likely N-dealkylation sites (N-methyl/N-ethyl adjacent to an activating group) is 1. The van der Waals surface area contributed by atoms with Gasteiger partial charge in [0.15, 0.2) is 0 Å². The first-order valence-corrected chi connectivity index (χ1v) is 11.6. The Morgan fingerprint density at radius 3 is 2.35 bits per heavy atom. The third-order valence-corrected chi connectivity index (χ3v) is 5.89. The van der Waals surface area contributed by atoms with Crippen LogP contribution in [-0.2, 0) is 32.8 Å². The first kappa shape index (κ1) is 22.7. The zero-order chi connectivity index (χ0) is 22.6. The largest absolute Gasteiger partial charge is 0.755 e. The Morgan fingerprint density at radius 1 is 1.10 bits per heavy atom. The number of hydrogen-bond donors (Lipinski definition) is 3. The van der Waals surface area contributed by atoms with Crippen molar-refractivity contribution in [2.45, 2.75) is 12.5 Å². The van der Waals surface area contributed by atoms with Crippen LogP contribution in [0.15, 0.2) is 66.7 Å². The van der Waals surface area contributed by atoms with Gasteiger partial charge in [-0.05, 0) is 29.1 Å². The fourth-order valence-corrected chi connectivity index (χ4v) is 4.41. The highest BCUT2D eigenvalue weighted by molar-refractivity contribution is 7.87. The standard InChI is InChI=1S/C20H21N3O6S2/c1-21-20(24)19(13-14-9-11-16(12-10-14)22-31(27,28)29)23(30(25)26)18-8-4-6-15-5-2-3-7-17(15)18/h2-12,19,22H,13H2,1H3,(H,21,24)(H,25,26)(H,27,28,29)/p-1. The van der Waals surface area contributed by atoms with Gasteiger partial charge in [0.1, 0.15) is 6.04 Å². The predicted molar refractivity (Wildman–Crippen MR) is 119 cm³/mol. The third-order valence-electron chi connectivity index (χ3n) is 4.63. The maximum atomic E-state index is 12.7. The SMILES string of the molecule is CNC(=O)C(Cc1ccc(NS(=O)(=O)O)cc1)N(c1cccc2ccccc12)S(=O)[O-]. The van der Waals surface area contributed by atoms with E-state index in [9.17, 15) is 22.0 Å². The smallest absolute Gasteiger partial charge is 0.357 e. The predicted octanol–water partition coefficient (Wildman–Crippen LogP) is 2.01.